The standard InChI is InChI=1S/C19H32N4O2S.HI/c1-6-20-18(23-11-12-26(24,25)19(2,3)15-23)21-13-16-7-9-17(10-8-16)14-22(4)5;/h7-10H,6,11-15H2,1-5H3,(H,20,21);1H. The zero-order valence-electron chi connectivity index (χ0n) is 17.0. The van der Waals surface area contributed by atoms with Gasteiger partial charge in [0.25, 0.3) is 0 Å². The van der Waals surface area contributed by atoms with Crippen LogP contribution in [0.25, 0.3) is 0 Å². The minimum atomic E-state index is -3.05. The molecule has 0 saturated carbocycles. The van der Waals surface area contributed by atoms with Crippen LogP contribution in [0.1, 0.15) is 31.9 Å². The van der Waals surface area contributed by atoms with Gasteiger partial charge in [0.1, 0.15) is 0 Å². The van der Waals surface area contributed by atoms with Crippen molar-refractivity contribution in [2.75, 3.05) is 39.5 Å². The highest BCUT2D eigenvalue weighted by Gasteiger charge is 2.40. The molecular weight excluding hydrogens is 475 g/mol. The molecule has 1 aromatic carbocycles. The highest BCUT2D eigenvalue weighted by atomic mass is 127. The summed E-state index contributed by atoms with van der Waals surface area (Å²) in [4.78, 5) is 8.94. The van der Waals surface area contributed by atoms with Crippen LogP contribution in [-0.2, 0) is 22.9 Å². The van der Waals surface area contributed by atoms with Crippen LogP contribution in [0.5, 0.6) is 0 Å². The number of halogens is 1. The van der Waals surface area contributed by atoms with E-state index in [0.29, 0.717) is 19.6 Å². The lowest BCUT2D eigenvalue weighted by molar-refractivity contribution is 0.353. The maximum atomic E-state index is 12.2. The van der Waals surface area contributed by atoms with E-state index in [1.165, 1.54) is 5.56 Å². The van der Waals surface area contributed by atoms with Crippen LogP contribution in [0.15, 0.2) is 29.3 Å². The summed E-state index contributed by atoms with van der Waals surface area (Å²) in [5.41, 5.74) is 2.42. The van der Waals surface area contributed by atoms with Crippen molar-refractivity contribution < 1.29 is 8.42 Å². The van der Waals surface area contributed by atoms with E-state index in [-0.39, 0.29) is 29.7 Å². The van der Waals surface area contributed by atoms with Gasteiger partial charge in [-0.2, -0.15) is 0 Å². The second kappa shape index (κ2) is 10.1. The summed E-state index contributed by atoms with van der Waals surface area (Å²) in [7, 11) is 1.06. The Balaban J connectivity index is 0.00000364. The fourth-order valence-electron chi connectivity index (χ4n) is 3.03. The normalized spacial score (nSPS) is 18.9. The largest absolute Gasteiger partial charge is 0.357 e. The predicted octanol–water partition coefficient (Wildman–Crippen LogP) is 2.34. The second-order valence-corrected chi connectivity index (χ2v) is 10.5. The van der Waals surface area contributed by atoms with Crippen LogP contribution >= 0.6 is 24.0 Å². The van der Waals surface area contributed by atoms with Crippen LogP contribution in [0.3, 0.4) is 0 Å². The topological polar surface area (TPSA) is 65.0 Å². The van der Waals surface area contributed by atoms with Crippen molar-refractivity contribution in [3.05, 3.63) is 35.4 Å². The van der Waals surface area contributed by atoms with Crippen LogP contribution in [-0.4, -0.2) is 68.4 Å². The quantitative estimate of drug-likeness (QED) is 0.376. The number of sulfone groups is 1. The number of rotatable bonds is 5. The molecule has 6 nitrogen and oxygen atoms in total. The monoisotopic (exact) mass is 508 g/mol. The summed E-state index contributed by atoms with van der Waals surface area (Å²) in [6.45, 7) is 8.81. The van der Waals surface area contributed by atoms with Crippen LogP contribution in [0.2, 0.25) is 0 Å². The Morgan fingerprint density at radius 1 is 1.22 bits per heavy atom. The second-order valence-electron chi connectivity index (χ2n) is 7.72. The first kappa shape index (κ1) is 24.2. The van der Waals surface area contributed by atoms with E-state index in [1.54, 1.807) is 13.8 Å². The molecule has 0 radical (unpaired) electrons. The Hall–Kier alpha value is -0.870. The van der Waals surface area contributed by atoms with Crippen molar-refractivity contribution in [2.45, 2.75) is 38.6 Å². The molecule has 0 atom stereocenters. The molecule has 0 aromatic heterocycles. The minimum absolute atomic E-state index is 0. The first-order chi connectivity index (χ1) is 12.1. The van der Waals surface area contributed by atoms with E-state index in [0.717, 1.165) is 24.6 Å². The molecule has 1 N–H and O–H groups in total. The lowest BCUT2D eigenvalue weighted by Gasteiger charge is -2.39. The van der Waals surface area contributed by atoms with Gasteiger partial charge in [0.2, 0.25) is 0 Å². The van der Waals surface area contributed by atoms with Crippen molar-refractivity contribution in [1.29, 1.82) is 0 Å². The number of nitrogens with one attached hydrogen (secondary N) is 1. The van der Waals surface area contributed by atoms with Crippen LogP contribution in [0.4, 0.5) is 0 Å². The minimum Gasteiger partial charge on any atom is -0.357 e. The number of aliphatic imine (C=N–C) groups is 1. The summed E-state index contributed by atoms with van der Waals surface area (Å²) in [6, 6.07) is 8.48. The molecule has 2 rings (SSSR count). The smallest absolute Gasteiger partial charge is 0.194 e. The fraction of sp³-hybridized carbons (Fsp3) is 0.632. The van der Waals surface area contributed by atoms with E-state index in [2.05, 4.69) is 53.5 Å². The Kier molecular flexibility index (Phi) is 9.01. The fourth-order valence-corrected chi connectivity index (χ4v) is 4.40. The van der Waals surface area contributed by atoms with Gasteiger partial charge in [0, 0.05) is 26.2 Å². The highest BCUT2D eigenvalue weighted by molar-refractivity contribution is 14.0. The van der Waals surface area contributed by atoms with E-state index in [9.17, 15) is 8.42 Å². The third-order valence-electron chi connectivity index (χ3n) is 4.61. The molecule has 0 unspecified atom stereocenters. The number of nitrogens with zero attached hydrogens (tertiary/aromatic N) is 3. The zero-order chi connectivity index (χ0) is 19.4. The molecule has 1 aliphatic rings. The summed E-state index contributed by atoms with van der Waals surface area (Å²) in [5, 5.41) is 3.30. The lowest BCUT2D eigenvalue weighted by Crippen LogP contribution is -2.57. The number of guanidine groups is 1. The van der Waals surface area contributed by atoms with Gasteiger partial charge < -0.3 is 15.1 Å². The van der Waals surface area contributed by atoms with Gasteiger partial charge in [-0.1, -0.05) is 24.3 Å². The molecule has 0 amide bonds. The summed E-state index contributed by atoms with van der Waals surface area (Å²) < 4.78 is 23.7. The molecule has 0 aliphatic carbocycles. The van der Waals surface area contributed by atoms with Crippen molar-refractivity contribution in [3.8, 4) is 0 Å². The van der Waals surface area contributed by atoms with Crippen molar-refractivity contribution in [1.82, 2.24) is 15.1 Å². The van der Waals surface area contributed by atoms with E-state index < -0.39 is 14.6 Å². The molecule has 1 aliphatic heterocycles. The molecule has 1 saturated heterocycles. The Morgan fingerprint density at radius 3 is 2.33 bits per heavy atom. The highest BCUT2D eigenvalue weighted by Crippen LogP contribution is 2.23. The number of hydrogen-bond acceptors (Lipinski definition) is 4. The molecule has 1 heterocycles. The van der Waals surface area contributed by atoms with Crippen LogP contribution in [0, 0.1) is 0 Å². The zero-order valence-corrected chi connectivity index (χ0v) is 20.2. The van der Waals surface area contributed by atoms with Gasteiger partial charge in [0.05, 0.1) is 17.0 Å². The summed E-state index contributed by atoms with van der Waals surface area (Å²) >= 11 is 0. The first-order valence-corrected chi connectivity index (χ1v) is 10.8. The lowest BCUT2D eigenvalue weighted by atomic mass is 10.1. The average molecular weight is 508 g/mol. The number of benzene rings is 1. The Morgan fingerprint density at radius 2 is 1.81 bits per heavy atom. The van der Waals surface area contributed by atoms with Gasteiger partial charge in [-0.25, -0.2) is 13.4 Å². The Bertz CT molecular complexity index is 731. The Labute approximate surface area is 181 Å². The van der Waals surface area contributed by atoms with E-state index in [4.69, 9.17) is 4.99 Å². The first-order valence-electron chi connectivity index (χ1n) is 9.13. The van der Waals surface area contributed by atoms with Gasteiger partial charge in [-0.3, -0.25) is 0 Å². The summed E-state index contributed by atoms with van der Waals surface area (Å²) in [5.74, 6) is 0.955. The molecule has 8 heteroatoms. The SMILES string of the molecule is CCNC(=NCc1ccc(CN(C)C)cc1)N1CCS(=O)(=O)C(C)(C)C1.I. The van der Waals surface area contributed by atoms with Crippen molar-refractivity contribution >= 4 is 39.8 Å². The molecule has 1 fully saturated rings. The van der Waals surface area contributed by atoms with Gasteiger partial charge >= 0.3 is 0 Å². The maximum Gasteiger partial charge on any atom is 0.194 e. The number of hydrogen-bond donors (Lipinski definition) is 1. The maximum absolute atomic E-state index is 12.2. The van der Waals surface area contributed by atoms with Crippen molar-refractivity contribution in [3.63, 3.8) is 0 Å². The van der Waals surface area contributed by atoms with Crippen LogP contribution < -0.4 is 5.32 Å². The molecule has 154 valence electrons. The molecular formula is C19H33IN4O2S. The molecule has 1 aromatic rings. The van der Waals surface area contributed by atoms with Crippen molar-refractivity contribution in [2.24, 2.45) is 4.99 Å². The van der Waals surface area contributed by atoms with Gasteiger partial charge in [0.15, 0.2) is 15.8 Å². The molecule has 27 heavy (non-hydrogen) atoms. The van der Waals surface area contributed by atoms with Gasteiger partial charge in [-0.15, -0.1) is 24.0 Å². The molecule has 0 spiro atoms. The third kappa shape index (κ3) is 6.60. The van der Waals surface area contributed by atoms with E-state index >= 15 is 0 Å². The molecule has 0 bridgehead atoms. The van der Waals surface area contributed by atoms with E-state index in [1.807, 2.05) is 6.92 Å². The van der Waals surface area contributed by atoms with Gasteiger partial charge in [-0.05, 0) is 46.0 Å². The summed E-state index contributed by atoms with van der Waals surface area (Å²) in [6.07, 6.45) is 0. The predicted molar refractivity (Wildman–Crippen MR) is 124 cm³/mol. The third-order valence-corrected chi connectivity index (χ3v) is 7.14. The average Bonchev–Trinajstić information content (AvgIpc) is 2.55.